The number of carbonyl (C=O) groups excluding carboxylic acids is 2. The number of nitrogens with one attached hydrogen (secondary N) is 2. The zero-order valence-corrected chi connectivity index (χ0v) is 18.5. The van der Waals surface area contributed by atoms with Crippen LogP contribution in [-0.2, 0) is 4.79 Å². The Labute approximate surface area is 193 Å². The van der Waals surface area contributed by atoms with E-state index in [1.165, 1.54) is 6.92 Å². The van der Waals surface area contributed by atoms with Crippen molar-refractivity contribution in [3.8, 4) is 11.5 Å². The number of phenols is 1. The summed E-state index contributed by atoms with van der Waals surface area (Å²) in [6, 6.07) is 11.2. The highest BCUT2D eigenvalue weighted by Crippen LogP contribution is 2.30. The number of anilines is 3. The maximum Gasteiger partial charge on any atom is 0.265 e. The first-order valence-corrected chi connectivity index (χ1v) is 10.1. The minimum atomic E-state index is -1.23. The number of phenolic OH excluding ortho intramolecular Hbond substituents is 1. The van der Waals surface area contributed by atoms with Crippen LogP contribution in [0.1, 0.15) is 17.3 Å². The molecule has 1 unspecified atom stereocenters. The molecule has 0 bridgehead atoms. The molecule has 7 nitrogen and oxygen atoms in total. The third kappa shape index (κ3) is 5.77. The van der Waals surface area contributed by atoms with Crippen molar-refractivity contribution < 1.29 is 32.6 Å². The number of halogens is 3. The first-order valence-electron chi connectivity index (χ1n) is 10.1. The SMILES string of the molecule is CC(Oc1ccc(N(C)C)cc1)C(=O)Nc1cc(O)c(NC(=O)c2ccc(F)c(F)c2)cc1F. The minimum absolute atomic E-state index is 0.235. The first-order chi connectivity index (χ1) is 16.0. The normalized spacial score (nSPS) is 11.5. The van der Waals surface area contributed by atoms with Crippen LogP contribution < -0.4 is 20.3 Å². The van der Waals surface area contributed by atoms with Gasteiger partial charge in [0.1, 0.15) is 17.3 Å². The summed E-state index contributed by atoms with van der Waals surface area (Å²) in [5.74, 6) is -5.00. The highest BCUT2D eigenvalue weighted by molar-refractivity contribution is 6.05. The smallest absolute Gasteiger partial charge is 0.265 e. The van der Waals surface area contributed by atoms with E-state index >= 15 is 0 Å². The summed E-state index contributed by atoms with van der Waals surface area (Å²) in [5, 5.41) is 14.7. The molecule has 3 aromatic carbocycles. The quantitative estimate of drug-likeness (QED) is 0.439. The predicted molar refractivity (Wildman–Crippen MR) is 122 cm³/mol. The van der Waals surface area contributed by atoms with Gasteiger partial charge in [0.05, 0.1) is 11.4 Å². The van der Waals surface area contributed by atoms with E-state index in [9.17, 15) is 27.9 Å². The van der Waals surface area contributed by atoms with Gasteiger partial charge in [0.15, 0.2) is 17.7 Å². The van der Waals surface area contributed by atoms with Crippen molar-refractivity contribution in [2.75, 3.05) is 29.6 Å². The van der Waals surface area contributed by atoms with Crippen LogP contribution in [0.2, 0.25) is 0 Å². The van der Waals surface area contributed by atoms with Crippen LogP contribution in [0.25, 0.3) is 0 Å². The van der Waals surface area contributed by atoms with E-state index in [0.717, 1.165) is 30.0 Å². The number of ether oxygens (including phenoxy) is 1. The monoisotopic (exact) mass is 473 g/mol. The van der Waals surface area contributed by atoms with E-state index in [1.807, 2.05) is 31.1 Å². The fraction of sp³-hybridized carbons (Fsp3) is 0.167. The van der Waals surface area contributed by atoms with Gasteiger partial charge in [-0.2, -0.15) is 0 Å². The lowest BCUT2D eigenvalue weighted by molar-refractivity contribution is -0.122. The molecule has 2 amide bonds. The van der Waals surface area contributed by atoms with Crippen molar-refractivity contribution in [1.29, 1.82) is 0 Å². The van der Waals surface area contributed by atoms with Gasteiger partial charge in [0, 0.05) is 37.5 Å². The molecule has 0 spiro atoms. The highest BCUT2D eigenvalue weighted by Gasteiger charge is 2.19. The zero-order chi connectivity index (χ0) is 25.0. The Morgan fingerprint density at radius 2 is 1.56 bits per heavy atom. The zero-order valence-electron chi connectivity index (χ0n) is 18.5. The van der Waals surface area contributed by atoms with Gasteiger partial charge in [-0.25, -0.2) is 13.2 Å². The van der Waals surface area contributed by atoms with Gasteiger partial charge in [-0.3, -0.25) is 9.59 Å². The molecule has 0 fully saturated rings. The van der Waals surface area contributed by atoms with E-state index in [1.54, 1.807) is 12.1 Å². The molecule has 0 radical (unpaired) electrons. The Balaban J connectivity index is 1.67. The van der Waals surface area contributed by atoms with E-state index in [4.69, 9.17) is 4.74 Å². The fourth-order valence-corrected chi connectivity index (χ4v) is 2.90. The summed E-state index contributed by atoms with van der Waals surface area (Å²) >= 11 is 0. The summed E-state index contributed by atoms with van der Waals surface area (Å²) in [6.45, 7) is 1.48. The van der Waals surface area contributed by atoms with E-state index in [0.29, 0.717) is 11.8 Å². The summed E-state index contributed by atoms with van der Waals surface area (Å²) < 4.78 is 46.5. The molecular weight excluding hydrogens is 451 g/mol. The third-order valence-electron chi connectivity index (χ3n) is 4.81. The second-order valence-corrected chi connectivity index (χ2v) is 7.57. The van der Waals surface area contributed by atoms with Crippen LogP contribution in [-0.4, -0.2) is 37.1 Å². The molecule has 3 rings (SSSR count). The number of amides is 2. The van der Waals surface area contributed by atoms with Crippen LogP contribution in [0.3, 0.4) is 0 Å². The average molecular weight is 473 g/mol. The van der Waals surface area contributed by atoms with Crippen LogP contribution >= 0.6 is 0 Å². The molecule has 0 saturated heterocycles. The van der Waals surface area contributed by atoms with Gasteiger partial charge in [0.25, 0.3) is 11.8 Å². The standard InChI is InChI=1S/C24H22F3N3O4/c1-13(34-16-7-5-15(6-8-16)30(2)3)23(32)28-20-12-22(31)21(11-19(20)27)29-24(33)14-4-9-17(25)18(26)10-14/h4-13,31H,1-3H3,(H,28,32)(H,29,33). The lowest BCUT2D eigenvalue weighted by atomic mass is 10.2. The largest absolute Gasteiger partial charge is 0.506 e. The maximum absolute atomic E-state index is 14.5. The third-order valence-corrected chi connectivity index (χ3v) is 4.81. The Morgan fingerprint density at radius 3 is 2.18 bits per heavy atom. The lowest BCUT2D eigenvalue weighted by Gasteiger charge is -2.17. The molecule has 0 heterocycles. The van der Waals surface area contributed by atoms with Gasteiger partial charge < -0.3 is 25.4 Å². The number of hydrogen-bond donors (Lipinski definition) is 3. The van der Waals surface area contributed by atoms with Gasteiger partial charge in [-0.15, -0.1) is 0 Å². The summed E-state index contributed by atoms with van der Waals surface area (Å²) in [7, 11) is 3.77. The Morgan fingerprint density at radius 1 is 0.882 bits per heavy atom. The van der Waals surface area contributed by atoms with Crippen LogP contribution in [0.15, 0.2) is 54.6 Å². The topological polar surface area (TPSA) is 90.9 Å². The number of hydrogen-bond acceptors (Lipinski definition) is 5. The molecule has 0 saturated carbocycles. The summed E-state index contributed by atoms with van der Waals surface area (Å²) in [5.41, 5.74) is 0.0432. The van der Waals surface area contributed by atoms with Crippen molar-refractivity contribution in [2.45, 2.75) is 13.0 Å². The van der Waals surface area contributed by atoms with Crippen LogP contribution in [0.5, 0.6) is 11.5 Å². The van der Waals surface area contributed by atoms with E-state index < -0.39 is 41.1 Å². The molecule has 3 N–H and O–H groups in total. The molecule has 0 aliphatic heterocycles. The van der Waals surface area contributed by atoms with Gasteiger partial charge in [0.2, 0.25) is 0 Å². The van der Waals surface area contributed by atoms with Gasteiger partial charge in [-0.05, 0) is 49.4 Å². The molecule has 0 aliphatic rings. The van der Waals surface area contributed by atoms with Crippen molar-refractivity contribution in [2.24, 2.45) is 0 Å². The average Bonchev–Trinajstić information content (AvgIpc) is 2.79. The number of carbonyl (C=O) groups is 2. The van der Waals surface area contributed by atoms with Crippen molar-refractivity contribution in [1.82, 2.24) is 0 Å². The maximum atomic E-state index is 14.5. The first kappa shape index (κ1) is 24.4. The minimum Gasteiger partial charge on any atom is -0.506 e. The molecule has 178 valence electrons. The lowest BCUT2D eigenvalue weighted by Crippen LogP contribution is -2.30. The number of rotatable bonds is 7. The number of nitrogens with zero attached hydrogens (tertiary/aromatic N) is 1. The van der Waals surface area contributed by atoms with Gasteiger partial charge >= 0.3 is 0 Å². The van der Waals surface area contributed by atoms with Crippen molar-refractivity contribution in [3.05, 3.63) is 77.6 Å². The molecule has 0 aromatic heterocycles. The second kappa shape index (κ2) is 10.2. The molecule has 1 atom stereocenters. The van der Waals surface area contributed by atoms with Crippen molar-refractivity contribution >= 4 is 28.9 Å². The Hall–Kier alpha value is -4.21. The van der Waals surface area contributed by atoms with E-state index in [2.05, 4.69) is 10.6 Å². The molecule has 3 aromatic rings. The summed E-state index contributed by atoms with van der Waals surface area (Å²) in [4.78, 5) is 26.5. The molecule has 34 heavy (non-hydrogen) atoms. The Bertz CT molecular complexity index is 1220. The second-order valence-electron chi connectivity index (χ2n) is 7.57. The highest BCUT2D eigenvalue weighted by atomic mass is 19.2. The molecular formula is C24H22F3N3O4. The number of aromatic hydroxyl groups is 1. The van der Waals surface area contributed by atoms with Crippen molar-refractivity contribution in [3.63, 3.8) is 0 Å². The van der Waals surface area contributed by atoms with E-state index in [-0.39, 0.29) is 16.9 Å². The Kier molecular flexibility index (Phi) is 7.30. The number of benzene rings is 3. The van der Waals surface area contributed by atoms with Gasteiger partial charge in [-0.1, -0.05) is 0 Å². The van der Waals surface area contributed by atoms with Crippen LogP contribution in [0, 0.1) is 17.5 Å². The molecule has 0 aliphatic carbocycles. The molecule has 10 heteroatoms. The van der Waals surface area contributed by atoms with Crippen LogP contribution in [0.4, 0.5) is 30.2 Å². The summed E-state index contributed by atoms with van der Waals surface area (Å²) in [6.07, 6.45) is -0.987. The predicted octanol–water partition coefficient (Wildman–Crippen LogP) is 4.53. The fourth-order valence-electron chi connectivity index (χ4n) is 2.90.